The van der Waals surface area contributed by atoms with Crippen molar-refractivity contribution >= 4 is 35.1 Å². The maximum absolute atomic E-state index is 12.9. The third kappa shape index (κ3) is 4.92. The summed E-state index contributed by atoms with van der Waals surface area (Å²) < 4.78 is 5.92. The molecule has 0 spiro atoms. The lowest BCUT2D eigenvalue weighted by atomic mass is 9.90. The van der Waals surface area contributed by atoms with Crippen LogP contribution in [0.3, 0.4) is 0 Å². The van der Waals surface area contributed by atoms with E-state index in [9.17, 15) is 14.7 Å². The van der Waals surface area contributed by atoms with Crippen LogP contribution in [0.2, 0.25) is 10.0 Å². The SMILES string of the molecule is CC(C)C[C@@H](C(=O)O)N1C(=O)CO[C@H](c2ccc(Cl)cc2)[C@@H]1c1ccc(Cl)cc1. The number of ether oxygens (including phenoxy) is 1. The van der Waals surface area contributed by atoms with Gasteiger partial charge in [0, 0.05) is 10.0 Å². The zero-order valence-corrected chi connectivity index (χ0v) is 17.7. The molecule has 3 atom stereocenters. The van der Waals surface area contributed by atoms with Gasteiger partial charge in [-0.15, -0.1) is 0 Å². The van der Waals surface area contributed by atoms with E-state index in [2.05, 4.69) is 0 Å². The number of aliphatic carboxylic acids is 1. The number of carboxylic acids is 1. The van der Waals surface area contributed by atoms with E-state index in [0.29, 0.717) is 16.5 Å². The molecule has 1 aliphatic rings. The summed E-state index contributed by atoms with van der Waals surface area (Å²) >= 11 is 12.1. The van der Waals surface area contributed by atoms with Gasteiger partial charge in [-0.2, -0.15) is 0 Å². The molecule has 7 heteroatoms. The molecule has 5 nitrogen and oxygen atoms in total. The minimum absolute atomic E-state index is 0.103. The van der Waals surface area contributed by atoms with Gasteiger partial charge in [-0.25, -0.2) is 4.79 Å². The number of nitrogens with zero attached hydrogens (tertiary/aromatic N) is 1. The Kier molecular flexibility index (Phi) is 6.83. The Morgan fingerprint density at radius 2 is 1.59 bits per heavy atom. The number of morpholine rings is 1. The summed E-state index contributed by atoms with van der Waals surface area (Å²) in [7, 11) is 0. The standard InChI is InChI=1S/C22H23Cl2NO4/c1-13(2)11-18(22(27)28)25-19(26)12-29-21(15-5-9-17(24)10-6-15)20(25)14-3-7-16(23)8-4-14/h3-10,13,18,20-21H,11-12H2,1-2H3,(H,27,28)/t18-,20-,21+/m0/s1. The zero-order valence-electron chi connectivity index (χ0n) is 16.2. The molecule has 2 aromatic carbocycles. The molecule has 1 amide bonds. The number of hydrogen-bond acceptors (Lipinski definition) is 3. The van der Waals surface area contributed by atoms with Crippen molar-refractivity contribution in [2.75, 3.05) is 6.61 Å². The lowest BCUT2D eigenvalue weighted by molar-refractivity contribution is -0.172. The number of halogens is 2. The first-order chi connectivity index (χ1) is 13.8. The minimum atomic E-state index is -1.03. The van der Waals surface area contributed by atoms with Crippen molar-refractivity contribution in [3.63, 3.8) is 0 Å². The molecule has 0 aliphatic carbocycles. The fourth-order valence-electron chi connectivity index (χ4n) is 3.70. The van der Waals surface area contributed by atoms with Crippen LogP contribution in [-0.4, -0.2) is 34.5 Å². The van der Waals surface area contributed by atoms with Crippen LogP contribution in [0.5, 0.6) is 0 Å². The fraction of sp³-hybridized carbons (Fsp3) is 0.364. The van der Waals surface area contributed by atoms with E-state index in [1.807, 2.05) is 26.0 Å². The molecule has 0 aromatic heterocycles. The molecular weight excluding hydrogens is 413 g/mol. The molecule has 1 aliphatic heterocycles. The smallest absolute Gasteiger partial charge is 0.326 e. The second-order valence-electron chi connectivity index (χ2n) is 7.56. The molecular formula is C22H23Cl2NO4. The van der Waals surface area contributed by atoms with E-state index in [0.717, 1.165) is 11.1 Å². The summed E-state index contributed by atoms with van der Waals surface area (Å²) in [5.41, 5.74) is 1.58. The van der Waals surface area contributed by atoms with Crippen LogP contribution in [-0.2, 0) is 14.3 Å². The summed E-state index contributed by atoms with van der Waals surface area (Å²) in [5.74, 6) is -1.27. The lowest BCUT2D eigenvalue weighted by Crippen LogP contribution is -2.53. The van der Waals surface area contributed by atoms with Gasteiger partial charge in [0.2, 0.25) is 5.91 Å². The Morgan fingerprint density at radius 1 is 1.07 bits per heavy atom. The molecule has 2 aromatic rings. The average molecular weight is 436 g/mol. The maximum Gasteiger partial charge on any atom is 0.326 e. The van der Waals surface area contributed by atoms with Crippen LogP contribution in [0.25, 0.3) is 0 Å². The van der Waals surface area contributed by atoms with E-state index < -0.39 is 24.2 Å². The highest BCUT2D eigenvalue weighted by atomic mass is 35.5. The molecule has 154 valence electrons. The predicted octanol–water partition coefficient (Wildman–Crippen LogP) is 5.13. The number of carboxylic acid groups (broad SMARTS) is 1. The molecule has 0 unspecified atom stereocenters. The van der Waals surface area contributed by atoms with Crippen LogP contribution in [0.4, 0.5) is 0 Å². The van der Waals surface area contributed by atoms with Gasteiger partial charge in [-0.1, -0.05) is 61.3 Å². The number of benzene rings is 2. The monoisotopic (exact) mass is 435 g/mol. The fourth-order valence-corrected chi connectivity index (χ4v) is 3.95. The minimum Gasteiger partial charge on any atom is -0.480 e. The molecule has 0 radical (unpaired) electrons. The van der Waals surface area contributed by atoms with Crippen molar-refractivity contribution in [1.82, 2.24) is 4.90 Å². The Bertz CT molecular complexity index is 867. The highest BCUT2D eigenvalue weighted by molar-refractivity contribution is 6.30. The number of hydrogen-bond donors (Lipinski definition) is 1. The molecule has 1 heterocycles. The van der Waals surface area contributed by atoms with Crippen molar-refractivity contribution < 1.29 is 19.4 Å². The molecule has 1 fully saturated rings. The molecule has 1 saturated heterocycles. The number of carbonyl (C=O) groups is 2. The molecule has 29 heavy (non-hydrogen) atoms. The number of amides is 1. The van der Waals surface area contributed by atoms with Crippen LogP contribution < -0.4 is 0 Å². The highest BCUT2D eigenvalue weighted by Crippen LogP contribution is 2.42. The van der Waals surface area contributed by atoms with Gasteiger partial charge in [0.25, 0.3) is 0 Å². The predicted molar refractivity (Wildman–Crippen MR) is 112 cm³/mol. The third-order valence-corrected chi connectivity index (χ3v) is 5.49. The Labute approximate surface area is 180 Å². The lowest BCUT2D eigenvalue weighted by Gasteiger charge is -2.44. The molecule has 3 rings (SSSR count). The Morgan fingerprint density at radius 3 is 2.07 bits per heavy atom. The van der Waals surface area contributed by atoms with Crippen LogP contribution in [0.1, 0.15) is 43.5 Å². The normalized spacial score (nSPS) is 20.7. The maximum atomic E-state index is 12.9. The number of rotatable bonds is 6. The molecule has 0 bridgehead atoms. The molecule has 1 N–H and O–H groups in total. The van der Waals surface area contributed by atoms with Crippen molar-refractivity contribution in [2.24, 2.45) is 5.92 Å². The van der Waals surface area contributed by atoms with Gasteiger partial charge in [0.1, 0.15) is 18.8 Å². The second kappa shape index (κ2) is 9.16. The molecule has 0 saturated carbocycles. The van der Waals surface area contributed by atoms with Crippen molar-refractivity contribution in [3.05, 3.63) is 69.7 Å². The third-order valence-electron chi connectivity index (χ3n) is 4.99. The van der Waals surface area contributed by atoms with Crippen LogP contribution in [0.15, 0.2) is 48.5 Å². The van der Waals surface area contributed by atoms with E-state index in [1.165, 1.54) is 4.90 Å². The van der Waals surface area contributed by atoms with Crippen LogP contribution >= 0.6 is 23.2 Å². The zero-order chi connectivity index (χ0) is 21.1. The first-order valence-corrected chi connectivity index (χ1v) is 10.2. The van der Waals surface area contributed by atoms with Gasteiger partial charge in [0.05, 0.1) is 6.04 Å². The average Bonchev–Trinajstić information content (AvgIpc) is 2.67. The topological polar surface area (TPSA) is 66.8 Å². The van der Waals surface area contributed by atoms with Crippen LogP contribution in [0, 0.1) is 5.92 Å². The second-order valence-corrected chi connectivity index (χ2v) is 8.44. The van der Waals surface area contributed by atoms with Crippen molar-refractivity contribution in [3.8, 4) is 0 Å². The van der Waals surface area contributed by atoms with Crippen molar-refractivity contribution in [2.45, 2.75) is 38.5 Å². The van der Waals surface area contributed by atoms with Crippen molar-refractivity contribution in [1.29, 1.82) is 0 Å². The van der Waals surface area contributed by atoms with Gasteiger partial charge in [-0.3, -0.25) is 4.79 Å². The highest BCUT2D eigenvalue weighted by Gasteiger charge is 2.44. The number of carbonyl (C=O) groups excluding carboxylic acids is 1. The summed E-state index contributed by atoms with van der Waals surface area (Å²) in [5, 5.41) is 11.1. The van der Waals surface area contributed by atoms with E-state index in [-0.39, 0.29) is 18.4 Å². The van der Waals surface area contributed by atoms with E-state index in [1.54, 1.807) is 36.4 Å². The largest absolute Gasteiger partial charge is 0.480 e. The van der Waals surface area contributed by atoms with E-state index in [4.69, 9.17) is 27.9 Å². The summed E-state index contributed by atoms with van der Waals surface area (Å²) in [6, 6.07) is 12.7. The van der Waals surface area contributed by atoms with Gasteiger partial charge < -0.3 is 14.7 Å². The van der Waals surface area contributed by atoms with Gasteiger partial charge >= 0.3 is 5.97 Å². The van der Waals surface area contributed by atoms with Gasteiger partial charge in [-0.05, 0) is 47.7 Å². The summed E-state index contributed by atoms with van der Waals surface area (Å²) in [6.07, 6.45) is -0.182. The first kappa shape index (κ1) is 21.6. The first-order valence-electron chi connectivity index (χ1n) is 9.44. The summed E-state index contributed by atoms with van der Waals surface area (Å²) in [4.78, 5) is 26.5. The van der Waals surface area contributed by atoms with Gasteiger partial charge in [0.15, 0.2) is 0 Å². The summed E-state index contributed by atoms with van der Waals surface area (Å²) in [6.45, 7) is 3.70. The quantitative estimate of drug-likeness (QED) is 0.682. The Balaban J connectivity index is 2.11. The Hall–Kier alpha value is -2.08. The van der Waals surface area contributed by atoms with E-state index >= 15 is 0 Å².